The van der Waals surface area contributed by atoms with Crippen LogP contribution < -0.4 is 5.32 Å². The van der Waals surface area contributed by atoms with Gasteiger partial charge in [-0.1, -0.05) is 19.3 Å². The van der Waals surface area contributed by atoms with Crippen LogP contribution in [0, 0.1) is 12.3 Å². The fraction of sp³-hybridized carbons (Fsp3) is 0.727. The number of amides is 1. The summed E-state index contributed by atoms with van der Waals surface area (Å²) in [5, 5.41) is 2.53. The molecular formula is C11H16F3NO2. The summed E-state index contributed by atoms with van der Waals surface area (Å²) >= 11 is 0. The first kappa shape index (κ1) is 15.8. The summed E-state index contributed by atoms with van der Waals surface area (Å²) < 4.78 is 39.4. The van der Waals surface area contributed by atoms with Crippen LogP contribution in [0.25, 0.3) is 0 Å². The molecule has 0 aliphatic carbocycles. The molecule has 98 valence electrons. The van der Waals surface area contributed by atoms with Gasteiger partial charge in [0, 0.05) is 6.42 Å². The number of alkyl halides is 3. The molecule has 3 nitrogen and oxygen atoms in total. The highest BCUT2D eigenvalue weighted by Gasteiger charge is 2.27. The molecule has 0 aromatic rings. The van der Waals surface area contributed by atoms with Crippen molar-refractivity contribution < 1.29 is 22.7 Å². The summed E-state index contributed by atoms with van der Waals surface area (Å²) in [6.07, 6.45) is 2.15. The molecule has 0 aromatic heterocycles. The van der Waals surface area contributed by atoms with Gasteiger partial charge in [-0.2, -0.15) is 13.2 Å². The highest BCUT2D eigenvalue weighted by molar-refractivity contribution is 5.76. The average Bonchev–Trinajstić information content (AvgIpc) is 2.22. The Hall–Kier alpha value is -1.22. The van der Waals surface area contributed by atoms with Gasteiger partial charge in [0.1, 0.15) is 6.61 Å². The van der Waals surface area contributed by atoms with Crippen LogP contribution in [0.1, 0.15) is 26.2 Å². The number of hydrogen-bond acceptors (Lipinski definition) is 2. The van der Waals surface area contributed by atoms with Gasteiger partial charge in [0.25, 0.3) is 0 Å². The lowest BCUT2D eigenvalue weighted by Crippen LogP contribution is -2.34. The molecule has 6 heteroatoms. The minimum absolute atomic E-state index is 0.127. The van der Waals surface area contributed by atoms with Crippen LogP contribution in [0.3, 0.4) is 0 Å². The molecule has 1 atom stereocenters. The van der Waals surface area contributed by atoms with Crippen LogP contribution in [0.15, 0.2) is 0 Å². The van der Waals surface area contributed by atoms with Gasteiger partial charge in [0.2, 0.25) is 5.91 Å². The van der Waals surface area contributed by atoms with Crippen molar-refractivity contribution in [2.45, 2.75) is 38.4 Å². The quantitative estimate of drug-likeness (QED) is 0.554. The summed E-state index contributed by atoms with van der Waals surface area (Å²) in [5.74, 6) is 2.00. The Morgan fingerprint density at radius 1 is 1.53 bits per heavy atom. The predicted molar refractivity (Wildman–Crippen MR) is 57.2 cm³/mol. The monoisotopic (exact) mass is 251 g/mol. The molecule has 0 aliphatic rings. The number of hydrogen-bond donors (Lipinski definition) is 1. The second-order valence-corrected chi connectivity index (χ2v) is 3.49. The Morgan fingerprint density at radius 3 is 2.65 bits per heavy atom. The molecule has 0 rings (SSSR count). The summed E-state index contributed by atoms with van der Waals surface area (Å²) in [6.45, 7) is 0.311. The van der Waals surface area contributed by atoms with E-state index in [0.717, 1.165) is 6.42 Å². The Labute approximate surface area is 98.7 Å². The first-order valence-corrected chi connectivity index (χ1v) is 5.29. The second kappa shape index (κ2) is 7.96. The molecule has 0 bridgehead atoms. The summed E-state index contributed by atoms with van der Waals surface area (Å²) in [4.78, 5) is 11.2. The topological polar surface area (TPSA) is 38.3 Å². The van der Waals surface area contributed by atoms with E-state index in [1.54, 1.807) is 0 Å². The van der Waals surface area contributed by atoms with Gasteiger partial charge >= 0.3 is 6.18 Å². The minimum Gasteiger partial charge on any atom is -0.372 e. The van der Waals surface area contributed by atoms with Crippen molar-refractivity contribution in [2.75, 3.05) is 13.2 Å². The van der Waals surface area contributed by atoms with Gasteiger partial charge < -0.3 is 10.1 Å². The molecule has 1 amide bonds. The Bertz CT molecular complexity index is 271. The van der Waals surface area contributed by atoms with Gasteiger partial charge in [-0.15, -0.1) is 6.42 Å². The molecule has 0 spiro atoms. The van der Waals surface area contributed by atoms with E-state index in [1.165, 1.54) is 0 Å². The zero-order valence-electron chi connectivity index (χ0n) is 9.64. The summed E-state index contributed by atoms with van der Waals surface area (Å²) in [5.41, 5.74) is 0. The number of carbonyl (C=O) groups is 1. The van der Waals surface area contributed by atoms with E-state index in [4.69, 9.17) is 6.42 Å². The third-order valence-corrected chi connectivity index (χ3v) is 1.85. The molecule has 0 aromatic carbocycles. The Morgan fingerprint density at radius 2 is 2.18 bits per heavy atom. The van der Waals surface area contributed by atoms with Gasteiger partial charge in [0.05, 0.1) is 12.6 Å². The highest BCUT2D eigenvalue weighted by atomic mass is 19.4. The largest absolute Gasteiger partial charge is 0.411 e. The van der Waals surface area contributed by atoms with Crippen molar-refractivity contribution >= 4 is 5.91 Å². The standard InChI is InChI=1S/C11H16F3NO2/c1-3-5-9(4-2)15-10(16)6-7-17-8-11(12,13)14/h2,9H,3,5-8H2,1H3,(H,15,16). The third-order valence-electron chi connectivity index (χ3n) is 1.85. The average molecular weight is 251 g/mol. The van der Waals surface area contributed by atoms with Crippen LogP contribution in [0.2, 0.25) is 0 Å². The lowest BCUT2D eigenvalue weighted by Gasteiger charge is -2.12. The van der Waals surface area contributed by atoms with E-state index in [9.17, 15) is 18.0 Å². The molecule has 1 N–H and O–H groups in total. The SMILES string of the molecule is C#CC(CCC)NC(=O)CCOCC(F)(F)F. The number of terminal acetylenes is 1. The lowest BCUT2D eigenvalue weighted by atomic mass is 10.2. The number of nitrogens with one attached hydrogen (secondary N) is 1. The van der Waals surface area contributed by atoms with E-state index in [0.29, 0.717) is 6.42 Å². The van der Waals surface area contributed by atoms with Crippen molar-refractivity contribution in [3.8, 4) is 12.3 Å². The molecule has 0 saturated heterocycles. The molecule has 0 heterocycles. The first-order valence-electron chi connectivity index (χ1n) is 5.29. The molecule has 0 aliphatic heterocycles. The van der Waals surface area contributed by atoms with Gasteiger partial charge in [-0.3, -0.25) is 4.79 Å². The fourth-order valence-electron chi connectivity index (χ4n) is 1.11. The number of ether oxygens (including phenoxy) is 1. The second-order valence-electron chi connectivity index (χ2n) is 3.49. The highest BCUT2D eigenvalue weighted by Crippen LogP contribution is 2.14. The van der Waals surface area contributed by atoms with E-state index in [2.05, 4.69) is 16.0 Å². The van der Waals surface area contributed by atoms with Crippen molar-refractivity contribution in [3.05, 3.63) is 0 Å². The Kier molecular flexibility index (Phi) is 7.39. The maximum absolute atomic E-state index is 11.7. The van der Waals surface area contributed by atoms with Crippen LogP contribution >= 0.6 is 0 Å². The third kappa shape index (κ3) is 9.69. The summed E-state index contributed by atoms with van der Waals surface area (Å²) in [7, 11) is 0. The zero-order valence-corrected chi connectivity index (χ0v) is 9.64. The van der Waals surface area contributed by atoms with Crippen LogP contribution in [0.5, 0.6) is 0 Å². The van der Waals surface area contributed by atoms with E-state index >= 15 is 0 Å². The number of carbonyl (C=O) groups excluding carboxylic acids is 1. The van der Waals surface area contributed by atoms with Crippen molar-refractivity contribution in [3.63, 3.8) is 0 Å². The van der Waals surface area contributed by atoms with Crippen molar-refractivity contribution in [2.24, 2.45) is 0 Å². The molecule has 0 saturated carbocycles. The minimum atomic E-state index is -4.36. The smallest absolute Gasteiger partial charge is 0.372 e. The lowest BCUT2D eigenvalue weighted by molar-refractivity contribution is -0.174. The first-order chi connectivity index (χ1) is 7.89. The zero-order chi connectivity index (χ0) is 13.3. The fourth-order valence-corrected chi connectivity index (χ4v) is 1.11. The van der Waals surface area contributed by atoms with Crippen molar-refractivity contribution in [1.29, 1.82) is 0 Å². The summed E-state index contributed by atoms with van der Waals surface area (Å²) in [6, 6.07) is -0.366. The molecular weight excluding hydrogens is 235 g/mol. The normalized spacial score (nSPS) is 12.9. The number of halogens is 3. The van der Waals surface area contributed by atoms with Crippen LogP contribution in [-0.2, 0) is 9.53 Å². The van der Waals surface area contributed by atoms with Gasteiger partial charge in [-0.05, 0) is 6.42 Å². The van der Waals surface area contributed by atoms with Crippen molar-refractivity contribution in [1.82, 2.24) is 5.32 Å². The van der Waals surface area contributed by atoms with Gasteiger partial charge in [-0.25, -0.2) is 0 Å². The van der Waals surface area contributed by atoms with E-state index < -0.39 is 18.7 Å². The number of rotatable bonds is 7. The molecule has 0 radical (unpaired) electrons. The molecule has 0 fully saturated rings. The molecule has 1 unspecified atom stereocenters. The van der Waals surface area contributed by atoms with Crippen LogP contribution in [-0.4, -0.2) is 31.3 Å². The maximum Gasteiger partial charge on any atom is 0.411 e. The maximum atomic E-state index is 11.7. The predicted octanol–water partition coefficient (Wildman–Crippen LogP) is 1.87. The Balaban J connectivity index is 3.70. The van der Waals surface area contributed by atoms with Crippen LogP contribution in [0.4, 0.5) is 13.2 Å². The van der Waals surface area contributed by atoms with Gasteiger partial charge in [0.15, 0.2) is 0 Å². The van der Waals surface area contributed by atoms with E-state index in [1.807, 2.05) is 6.92 Å². The molecule has 17 heavy (non-hydrogen) atoms. The van der Waals surface area contributed by atoms with E-state index in [-0.39, 0.29) is 19.1 Å².